The molecule has 16 heavy (non-hydrogen) atoms. The van der Waals surface area contributed by atoms with Crippen molar-refractivity contribution in [2.24, 2.45) is 17.6 Å². The monoisotopic (exact) mass is 253 g/mol. The molecule has 0 rings (SSSR count). The van der Waals surface area contributed by atoms with Crippen LogP contribution < -0.4 is 5.73 Å². The van der Waals surface area contributed by atoms with Crippen molar-refractivity contribution in [1.29, 1.82) is 0 Å². The number of hydrogen-bond donors (Lipinski definition) is 1. The van der Waals surface area contributed by atoms with E-state index in [-0.39, 0.29) is 18.4 Å². The molecule has 0 aromatic carbocycles. The standard InChI is InChI=1S/C10H24NO4P/c1-9(2)7-14-16(12,13-6-5-11)15-8-10(3)4/h9-10H,5-8,11H2,1-4H3. The summed E-state index contributed by atoms with van der Waals surface area (Å²) in [6, 6.07) is 0. The summed E-state index contributed by atoms with van der Waals surface area (Å²) in [6.07, 6.45) is 0. The lowest BCUT2D eigenvalue weighted by Crippen LogP contribution is -2.12. The van der Waals surface area contributed by atoms with Crippen molar-refractivity contribution in [3.8, 4) is 0 Å². The second kappa shape index (κ2) is 8.20. The number of nitrogens with two attached hydrogens (primary N) is 1. The van der Waals surface area contributed by atoms with Gasteiger partial charge in [-0.1, -0.05) is 27.7 Å². The van der Waals surface area contributed by atoms with Crippen LogP contribution in [0.15, 0.2) is 0 Å². The van der Waals surface area contributed by atoms with Gasteiger partial charge in [-0.05, 0) is 11.8 Å². The molecule has 0 aromatic rings. The fourth-order valence-electron chi connectivity index (χ4n) is 0.757. The molecule has 0 saturated heterocycles. The van der Waals surface area contributed by atoms with E-state index in [1.54, 1.807) is 0 Å². The number of rotatable bonds is 9. The maximum absolute atomic E-state index is 12.1. The van der Waals surface area contributed by atoms with E-state index in [0.29, 0.717) is 19.8 Å². The fourth-order valence-corrected chi connectivity index (χ4v) is 2.27. The molecule has 0 unspecified atom stereocenters. The normalized spacial score (nSPS) is 12.7. The third-order valence-corrected chi connectivity index (χ3v) is 2.93. The Bertz CT molecular complexity index is 205. The zero-order valence-corrected chi connectivity index (χ0v) is 11.5. The first-order chi connectivity index (χ1) is 7.39. The molecule has 0 aliphatic rings. The highest BCUT2D eigenvalue weighted by atomic mass is 31.2. The van der Waals surface area contributed by atoms with Gasteiger partial charge in [0.2, 0.25) is 0 Å². The highest BCUT2D eigenvalue weighted by Gasteiger charge is 2.27. The van der Waals surface area contributed by atoms with Gasteiger partial charge in [0.15, 0.2) is 0 Å². The van der Waals surface area contributed by atoms with Crippen molar-refractivity contribution in [1.82, 2.24) is 0 Å². The van der Waals surface area contributed by atoms with E-state index in [1.807, 2.05) is 27.7 Å². The van der Waals surface area contributed by atoms with E-state index in [4.69, 9.17) is 19.3 Å². The van der Waals surface area contributed by atoms with Crippen molar-refractivity contribution in [2.45, 2.75) is 27.7 Å². The number of phosphoric acid groups is 1. The van der Waals surface area contributed by atoms with E-state index in [0.717, 1.165) is 0 Å². The van der Waals surface area contributed by atoms with Gasteiger partial charge in [0.1, 0.15) is 0 Å². The van der Waals surface area contributed by atoms with Gasteiger partial charge in [-0.15, -0.1) is 0 Å². The molecule has 0 spiro atoms. The van der Waals surface area contributed by atoms with Crippen LogP contribution in [0.3, 0.4) is 0 Å². The molecule has 6 heteroatoms. The predicted molar refractivity (Wildman–Crippen MR) is 64.2 cm³/mol. The lowest BCUT2D eigenvalue weighted by atomic mass is 10.2. The summed E-state index contributed by atoms with van der Waals surface area (Å²) in [6.45, 7) is 9.03. The summed E-state index contributed by atoms with van der Waals surface area (Å²) < 4.78 is 27.5. The molecule has 0 atom stereocenters. The minimum Gasteiger partial charge on any atom is -0.328 e. The molecule has 0 fully saturated rings. The maximum atomic E-state index is 12.1. The van der Waals surface area contributed by atoms with Gasteiger partial charge in [-0.2, -0.15) is 0 Å². The van der Waals surface area contributed by atoms with E-state index in [1.165, 1.54) is 0 Å². The van der Waals surface area contributed by atoms with Gasteiger partial charge in [0.25, 0.3) is 0 Å². The zero-order valence-electron chi connectivity index (χ0n) is 10.6. The molecule has 2 N–H and O–H groups in total. The molecule has 5 nitrogen and oxygen atoms in total. The van der Waals surface area contributed by atoms with Crippen LogP contribution in [-0.4, -0.2) is 26.4 Å². The lowest BCUT2D eigenvalue weighted by molar-refractivity contribution is 0.0975. The summed E-state index contributed by atoms with van der Waals surface area (Å²) >= 11 is 0. The topological polar surface area (TPSA) is 70.8 Å². The summed E-state index contributed by atoms with van der Waals surface area (Å²) in [4.78, 5) is 0. The average molecular weight is 253 g/mol. The van der Waals surface area contributed by atoms with Gasteiger partial charge >= 0.3 is 7.82 Å². The predicted octanol–water partition coefficient (Wildman–Crippen LogP) is 2.42. The van der Waals surface area contributed by atoms with Crippen LogP contribution >= 0.6 is 7.82 Å². The molecule has 0 radical (unpaired) electrons. The Morgan fingerprint density at radius 1 is 1.00 bits per heavy atom. The molecule has 0 aliphatic heterocycles. The van der Waals surface area contributed by atoms with Gasteiger partial charge < -0.3 is 5.73 Å². The fraction of sp³-hybridized carbons (Fsp3) is 1.00. The SMILES string of the molecule is CC(C)COP(=O)(OCCN)OCC(C)C. The van der Waals surface area contributed by atoms with Crippen molar-refractivity contribution in [2.75, 3.05) is 26.4 Å². The Labute approximate surface area is 98.3 Å². The molecule has 0 aromatic heterocycles. The molecule has 98 valence electrons. The first kappa shape index (κ1) is 16.1. The Hall–Kier alpha value is 0.0700. The van der Waals surface area contributed by atoms with Crippen molar-refractivity contribution in [3.63, 3.8) is 0 Å². The molecule has 0 saturated carbocycles. The highest BCUT2D eigenvalue weighted by molar-refractivity contribution is 7.48. The molecular weight excluding hydrogens is 229 g/mol. The molecule has 0 heterocycles. The third kappa shape index (κ3) is 8.25. The lowest BCUT2D eigenvalue weighted by Gasteiger charge is -2.19. The first-order valence-corrected chi connectivity index (χ1v) is 7.09. The summed E-state index contributed by atoms with van der Waals surface area (Å²) in [5.41, 5.74) is 5.29. The van der Waals surface area contributed by atoms with Crippen LogP contribution in [0.2, 0.25) is 0 Å². The summed E-state index contributed by atoms with van der Waals surface area (Å²) in [5.74, 6) is 0.551. The van der Waals surface area contributed by atoms with Crippen molar-refractivity contribution < 1.29 is 18.1 Å². The second-order valence-electron chi connectivity index (χ2n) is 4.45. The van der Waals surface area contributed by atoms with Crippen LogP contribution in [0.5, 0.6) is 0 Å². The quantitative estimate of drug-likeness (QED) is 0.639. The Balaban J connectivity index is 4.18. The smallest absolute Gasteiger partial charge is 0.328 e. The minimum atomic E-state index is -3.42. The Morgan fingerprint density at radius 3 is 1.75 bits per heavy atom. The van der Waals surface area contributed by atoms with Gasteiger partial charge in [-0.3, -0.25) is 13.6 Å². The second-order valence-corrected chi connectivity index (χ2v) is 6.12. The number of phosphoric ester groups is 1. The van der Waals surface area contributed by atoms with E-state index in [9.17, 15) is 4.57 Å². The van der Waals surface area contributed by atoms with E-state index < -0.39 is 7.82 Å². The van der Waals surface area contributed by atoms with E-state index in [2.05, 4.69) is 0 Å². The Kier molecular flexibility index (Phi) is 8.24. The molecular formula is C10H24NO4P. The van der Waals surface area contributed by atoms with Crippen molar-refractivity contribution in [3.05, 3.63) is 0 Å². The molecule has 0 amide bonds. The van der Waals surface area contributed by atoms with Gasteiger partial charge in [0.05, 0.1) is 19.8 Å². The molecule has 0 bridgehead atoms. The van der Waals surface area contributed by atoms with Crippen LogP contribution in [0.4, 0.5) is 0 Å². The van der Waals surface area contributed by atoms with Gasteiger partial charge in [-0.25, -0.2) is 4.57 Å². The van der Waals surface area contributed by atoms with Crippen LogP contribution in [0, 0.1) is 11.8 Å². The minimum absolute atomic E-state index is 0.174. The summed E-state index contributed by atoms with van der Waals surface area (Å²) in [5, 5.41) is 0. The first-order valence-electron chi connectivity index (χ1n) is 5.63. The highest BCUT2D eigenvalue weighted by Crippen LogP contribution is 2.49. The van der Waals surface area contributed by atoms with Crippen LogP contribution in [0.25, 0.3) is 0 Å². The van der Waals surface area contributed by atoms with E-state index >= 15 is 0 Å². The maximum Gasteiger partial charge on any atom is 0.474 e. The average Bonchev–Trinajstić information content (AvgIpc) is 2.21. The van der Waals surface area contributed by atoms with Crippen molar-refractivity contribution >= 4 is 7.82 Å². The molecule has 0 aliphatic carbocycles. The van der Waals surface area contributed by atoms with Gasteiger partial charge in [0, 0.05) is 6.54 Å². The zero-order chi connectivity index (χ0) is 12.6. The van der Waals surface area contributed by atoms with Crippen LogP contribution in [0.1, 0.15) is 27.7 Å². The Morgan fingerprint density at radius 2 is 1.44 bits per heavy atom. The summed E-state index contributed by atoms with van der Waals surface area (Å²) in [7, 11) is -3.42. The third-order valence-electron chi connectivity index (χ3n) is 1.50. The van der Waals surface area contributed by atoms with Crippen LogP contribution in [-0.2, 0) is 18.1 Å². The number of hydrogen-bond acceptors (Lipinski definition) is 5. The largest absolute Gasteiger partial charge is 0.474 e.